The SMILES string of the molecule is O=C(Nc1cnns1)c1ccc(CN2CCC[C@H]2CN2CCCC2)cc1. The Kier molecular flexibility index (Phi) is 5.57. The van der Waals surface area contributed by atoms with Gasteiger partial charge in [0.15, 0.2) is 0 Å². The van der Waals surface area contributed by atoms with Crippen molar-refractivity contribution in [2.45, 2.75) is 38.3 Å². The zero-order chi connectivity index (χ0) is 17.8. The number of nitrogens with zero attached hydrogens (tertiary/aromatic N) is 4. The molecule has 2 saturated heterocycles. The van der Waals surface area contributed by atoms with Gasteiger partial charge in [-0.15, -0.1) is 5.10 Å². The van der Waals surface area contributed by atoms with Gasteiger partial charge in [0.2, 0.25) is 0 Å². The van der Waals surface area contributed by atoms with Gasteiger partial charge in [-0.2, -0.15) is 0 Å². The molecule has 0 bridgehead atoms. The third kappa shape index (κ3) is 4.28. The molecular weight excluding hydrogens is 346 g/mol. The van der Waals surface area contributed by atoms with E-state index in [1.807, 2.05) is 12.1 Å². The van der Waals surface area contributed by atoms with Crippen molar-refractivity contribution >= 4 is 22.4 Å². The predicted molar refractivity (Wildman–Crippen MR) is 103 cm³/mol. The highest BCUT2D eigenvalue weighted by atomic mass is 32.1. The quantitative estimate of drug-likeness (QED) is 0.846. The second-order valence-electron chi connectivity index (χ2n) is 7.21. The molecule has 2 aliphatic heterocycles. The lowest BCUT2D eigenvalue weighted by Crippen LogP contribution is -2.38. The summed E-state index contributed by atoms with van der Waals surface area (Å²) in [5.74, 6) is -0.115. The molecule has 1 aromatic heterocycles. The van der Waals surface area contributed by atoms with Crippen molar-refractivity contribution in [2.75, 3.05) is 31.5 Å². The molecule has 1 aromatic carbocycles. The van der Waals surface area contributed by atoms with E-state index in [4.69, 9.17) is 0 Å². The van der Waals surface area contributed by atoms with Crippen LogP contribution in [0.3, 0.4) is 0 Å². The van der Waals surface area contributed by atoms with Gasteiger partial charge in [-0.1, -0.05) is 16.6 Å². The smallest absolute Gasteiger partial charge is 0.256 e. The van der Waals surface area contributed by atoms with Crippen LogP contribution < -0.4 is 5.32 Å². The van der Waals surface area contributed by atoms with E-state index in [0.29, 0.717) is 16.6 Å². The summed E-state index contributed by atoms with van der Waals surface area (Å²) < 4.78 is 3.75. The van der Waals surface area contributed by atoms with E-state index in [-0.39, 0.29) is 5.91 Å². The summed E-state index contributed by atoms with van der Waals surface area (Å²) in [6.45, 7) is 5.90. The zero-order valence-electron chi connectivity index (χ0n) is 14.9. The minimum Gasteiger partial charge on any atom is -0.311 e. The van der Waals surface area contributed by atoms with Crippen molar-refractivity contribution in [3.05, 3.63) is 41.6 Å². The molecule has 2 fully saturated rings. The summed E-state index contributed by atoms with van der Waals surface area (Å²) in [6, 6.07) is 8.64. The Morgan fingerprint density at radius 1 is 1.15 bits per heavy atom. The Labute approximate surface area is 158 Å². The Bertz CT molecular complexity index is 712. The molecule has 6 nitrogen and oxygen atoms in total. The van der Waals surface area contributed by atoms with Crippen LogP contribution in [-0.4, -0.2) is 57.5 Å². The second kappa shape index (κ2) is 8.24. The molecule has 0 unspecified atom stereocenters. The van der Waals surface area contributed by atoms with Gasteiger partial charge in [0, 0.05) is 36.2 Å². The maximum absolute atomic E-state index is 12.2. The summed E-state index contributed by atoms with van der Waals surface area (Å²) in [5.41, 5.74) is 1.94. The van der Waals surface area contributed by atoms with Crippen LogP contribution in [0.1, 0.15) is 41.6 Å². The Balaban J connectivity index is 1.33. The summed E-state index contributed by atoms with van der Waals surface area (Å²) >= 11 is 1.18. The Hall–Kier alpha value is -1.83. The second-order valence-corrected chi connectivity index (χ2v) is 7.99. The normalized spacial score (nSPS) is 21.3. The number of hydrogen-bond acceptors (Lipinski definition) is 6. The topological polar surface area (TPSA) is 61.4 Å². The molecule has 1 amide bonds. The number of amides is 1. The Morgan fingerprint density at radius 2 is 1.96 bits per heavy atom. The molecule has 0 saturated carbocycles. The molecule has 3 heterocycles. The lowest BCUT2D eigenvalue weighted by Gasteiger charge is -2.28. The highest BCUT2D eigenvalue weighted by molar-refractivity contribution is 7.10. The monoisotopic (exact) mass is 371 g/mol. The van der Waals surface area contributed by atoms with Gasteiger partial charge in [0.05, 0.1) is 6.20 Å². The number of rotatable bonds is 6. The summed E-state index contributed by atoms with van der Waals surface area (Å²) in [6.07, 6.45) is 6.87. The standard InChI is InChI=1S/C19H25N5OS/c25-19(21-18-12-20-22-26-18)16-7-5-15(6-8-16)13-24-11-3-4-17(24)14-23-9-1-2-10-23/h5-8,12,17H,1-4,9-11,13-14H2,(H,21,25)/t17-/m0/s1. The van der Waals surface area contributed by atoms with Crippen molar-refractivity contribution in [1.29, 1.82) is 0 Å². The van der Waals surface area contributed by atoms with Crippen LogP contribution in [0.25, 0.3) is 0 Å². The highest BCUT2D eigenvalue weighted by Gasteiger charge is 2.27. The molecule has 0 spiro atoms. The minimum atomic E-state index is -0.115. The van der Waals surface area contributed by atoms with Crippen LogP contribution in [-0.2, 0) is 6.54 Å². The average Bonchev–Trinajstić information content (AvgIpc) is 3.40. The van der Waals surface area contributed by atoms with Crippen molar-refractivity contribution in [3.8, 4) is 0 Å². The largest absolute Gasteiger partial charge is 0.311 e. The van der Waals surface area contributed by atoms with Crippen molar-refractivity contribution in [2.24, 2.45) is 0 Å². The van der Waals surface area contributed by atoms with E-state index in [1.54, 1.807) is 6.20 Å². The van der Waals surface area contributed by atoms with E-state index in [9.17, 15) is 4.79 Å². The van der Waals surface area contributed by atoms with E-state index < -0.39 is 0 Å². The van der Waals surface area contributed by atoms with Crippen molar-refractivity contribution in [1.82, 2.24) is 19.4 Å². The number of aromatic nitrogens is 2. The van der Waals surface area contributed by atoms with Gasteiger partial charge in [0.1, 0.15) is 5.00 Å². The summed E-state index contributed by atoms with van der Waals surface area (Å²) in [5, 5.41) is 7.21. The molecule has 138 valence electrons. The number of benzene rings is 1. The van der Waals surface area contributed by atoms with Gasteiger partial charge in [-0.25, -0.2) is 0 Å². The molecule has 0 radical (unpaired) electrons. The fraction of sp³-hybridized carbons (Fsp3) is 0.526. The predicted octanol–water partition coefficient (Wildman–Crippen LogP) is 2.85. The molecule has 0 aliphatic carbocycles. The third-order valence-electron chi connectivity index (χ3n) is 5.37. The molecule has 1 N–H and O–H groups in total. The van der Waals surface area contributed by atoms with Crippen LogP contribution in [0.5, 0.6) is 0 Å². The molecule has 2 aromatic rings. The number of anilines is 1. The molecule has 1 atom stereocenters. The first-order valence-corrected chi connectivity index (χ1v) is 10.2. The lowest BCUT2D eigenvalue weighted by atomic mass is 10.1. The molecule has 26 heavy (non-hydrogen) atoms. The fourth-order valence-electron chi connectivity index (χ4n) is 3.98. The minimum absolute atomic E-state index is 0.115. The third-order valence-corrected chi connectivity index (χ3v) is 5.95. The molecular formula is C19H25N5OS. The van der Waals surface area contributed by atoms with E-state index in [1.165, 1.54) is 69.0 Å². The Morgan fingerprint density at radius 3 is 2.69 bits per heavy atom. The van der Waals surface area contributed by atoms with Crippen molar-refractivity contribution in [3.63, 3.8) is 0 Å². The maximum Gasteiger partial charge on any atom is 0.256 e. The lowest BCUT2D eigenvalue weighted by molar-refractivity contribution is 0.102. The van der Waals surface area contributed by atoms with Gasteiger partial charge >= 0.3 is 0 Å². The van der Waals surface area contributed by atoms with Gasteiger partial charge in [-0.3, -0.25) is 9.69 Å². The highest BCUT2D eigenvalue weighted by Crippen LogP contribution is 2.23. The number of nitrogens with one attached hydrogen (secondary N) is 1. The van der Waals surface area contributed by atoms with Crippen LogP contribution in [0.2, 0.25) is 0 Å². The fourth-order valence-corrected chi connectivity index (χ4v) is 4.39. The molecule has 4 rings (SSSR count). The van der Waals surface area contributed by atoms with Gasteiger partial charge in [0.25, 0.3) is 5.91 Å². The van der Waals surface area contributed by atoms with E-state index in [0.717, 1.165) is 6.54 Å². The van der Waals surface area contributed by atoms with E-state index in [2.05, 4.69) is 36.8 Å². The number of carbonyl (C=O) groups is 1. The van der Waals surface area contributed by atoms with Crippen LogP contribution in [0.4, 0.5) is 5.00 Å². The summed E-state index contributed by atoms with van der Waals surface area (Å²) in [7, 11) is 0. The number of hydrogen-bond donors (Lipinski definition) is 1. The molecule has 2 aliphatic rings. The van der Waals surface area contributed by atoms with E-state index >= 15 is 0 Å². The first-order chi connectivity index (χ1) is 12.8. The van der Waals surface area contributed by atoms with Crippen LogP contribution >= 0.6 is 11.5 Å². The summed E-state index contributed by atoms with van der Waals surface area (Å²) in [4.78, 5) is 17.5. The van der Waals surface area contributed by atoms with Gasteiger partial charge in [-0.05, 0) is 63.0 Å². The van der Waals surface area contributed by atoms with Gasteiger partial charge < -0.3 is 10.2 Å². The average molecular weight is 372 g/mol. The number of carbonyl (C=O) groups excluding carboxylic acids is 1. The maximum atomic E-state index is 12.2. The van der Waals surface area contributed by atoms with Crippen LogP contribution in [0.15, 0.2) is 30.5 Å². The van der Waals surface area contributed by atoms with Crippen molar-refractivity contribution < 1.29 is 4.79 Å². The first-order valence-electron chi connectivity index (χ1n) is 9.42. The van der Waals surface area contributed by atoms with Crippen LogP contribution in [0, 0.1) is 0 Å². The zero-order valence-corrected chi connectivity index (χ0v) is 15.7. The number of likely N-dealkylation sites (tertiary alicyclic amines) is 2. The molecule has 7 heteroatoms. The first kappa shape index (κ1) is 17.6.